The minimum Gasteiger partial charge on any atom is -0.0619 e. The highest BCUT2D eigenvalue weighted by Gasteiger charge is 2.35. The van der Waals surface area contributed by atoms with Crippen LogP contribution in [-0.4, -0.2) is 0 Å². The van der Waals surface area contributed by atoms with Gasteiger partial charge in [0.25, 0.3) is 0 Å². The topological polar surface area (TPSA) is 0 Å². The first kappa shape index (κ1) is 20.2. The van der Waals surface area contributed by atoms with Gasteiger partial charge in [-0.3, -0.25) is 0 Å². The van der Waals surface area contributed by atoms with E-state index >= 15 is 0 Å². The van der Waals surface area contributed by atoms with E-state index in [1.165, 1.54) is 66.1 Å². The second kappa shape index (κ2) is 7.42. The van der Waals surface area contributed by atoms with E-state index < -0.39 is 0 Å². The van der Waals surface area contributed by atoms with E-state index in [1.54, 1.807) is 0 Å². The summed E-state index contributed by atoms with van der Waals surface area (Å²) in [5, 5.41) is 5.19. The van der Waals surface area contributed by atoms with Gasteiger partial charge in [-0.05, 0) is 78.2 Å². The number of fused-ring (bicyclic) bond motifs is 6. The fourth-order valence-electron chi connectivity index (χ4n) is 5.92. The molecule has 0 saturated carbocycles. The van der Waals surface area contributed by atoms with Crippen LogP contribution in [0.2, 0.25) is 0 Å². The standard InChI is InChI=1S/C35H26/c1-35(2)33-10-6-5-9-30(33)31-20-19-28(22-34(31)35)24-13-11-23(12-14-24)27-18-17-26-16-15-25-7-3-4-8-29(25)32(26)21-27/h3-22H,1-2H3. The van der Waals surface area contributed by atoms with Gasteiger partial charge < -0.3 is 0 Å². The third-order valence-corrected chi connectivity index (χ3v) is 7.88. The number of benzene rings is 6. The second-order valence-corrected chi connectivity index (χ2v) is 10.2. The van der Waals surface area contributed by atoms with Crippen molar-refractivity contribution in [2.24, 2.45) is 0 Å². The van der Waals surface area contributed by atoms with Gasteiger partial charge in [-0.15, -0.1) is 0 Å². The van der Waals surface area contributed by atoms with Gasteiger partial charge in [0, 0.05) is 5.41 Å². The predicted molar refractivity (Wildman–Crippen MR) is 150 cm³/mol. The van der Waals surface area contributed by atoms with Crippen LogP contribution >= 0.6 is 0 Å². The van der Waals surface area contributed by atoms with E-state index in [-0.39, 0.29) is 5.41 Å². The summed E-state index contributed by atoms with van der Waals surface area (Å²) in [5.41, 5.74) is 10.6. The van der Waals surface area contributed by atoms with Crippen LogP contribution in [0.15, 0.2) is 121 Å². The molecule has 0 unspecified atom stereocenters. The zero-order valence-electron chi connectivity index (χ0n) is 20.0. The Kier molecular flexibility index (Phi) is 4.29. The van der Waals surface area contributed by atoms with Gasteiger partial charge >= 0.3 is 0 Å². The van der Waals surface area contributed by atoms with Crippen molar-refractivity contribution in [3.8, 4) is 33.4 Å². The van der Waals surface area contributed by atoms with Gasteiger partial charge in [-0.2, -0.15) is 0 Å². The smallest absolute Gasteiger partial charge is 0.0159 e. The summed E-state index contributed by atoms with van der Waals surface area (Å²) in [6.07, 6.45) is 0. The Bertz CT molecular complexity index is 1750. The van der Waals surface area contributed by atoms with Crippen LogP contribution in [0.5, 0.6) is 0 Å². The molecule has 0 aromatic heterocycles. The molecule has 0 saturated heterocycles. The molecule has 0 fully saturated rings. The highest BCUT2D eigenvalue weighted by atomic mass is 14.4. The lowest BCUT2D eigenvalue weighted by molar-refractivity contribution is 0.660. The van der Waals surface area contributed by atoms with Crippen molar-refractivity contribution in [1.29, 1.82) is 0 Å². The lowest BCUT2D eigenvalue weighted by Gasteiger charge is -2.22. The van der Waals surface area contributed by atoms with Crippen molar-refractivity contribution in [3.63, 3.8) is 0 Å². The van der Waals surface area contributed by atoms with Crippen LogP contribution in [0.4, 0.5) is 0 Å². The van der Waals surface area contributed by atoms with Crippen molar-refractivity contribution in [1.82, 2.24) is 0 Å². The largest absolute Gasteiger partial charge is 0.0619 e. The van der Waals surface area contributed by atoms with Gasteiger partial charge in [-0.25, -0.2) is 0 Å². The molecule has 0 atom stereocenters. The zero-order valence-corrected chi connectivity index (χ0v) is 20.0. The van der Waals surface area contributed by atoms with E-state index in [1.807, 2.05) is 0 Å². The predicted octanol–water partition coefficient (Wildman–Crippen LogP) is 9.63. The van der Waals surface area contributed by atoms with Crippen LogP contribution in [0, 0.1) is 0 Å². The average molecular weight is 447 g/mol. The number of rotatable bonds is 2. The molecule has 0 radical (unpaired) electrons. The summed E-state index contributed by atoms with van der Waals surface area (Å²) in [6.45, 7) is 4.68. The molecule has 35 heavy (non-hydrogen) atoms. The zero-order chi connectivity index (χ0) is 23.6. The second-order valence-electron chi connectivity index (χ2n) is 10.2. The molecule has 6 aromatic rings. The molecular weight excluding hydrogens is 420 g/mol. The van der Waals surface area contributed by atoms with E-state index in [2.05, 4.69) is 135 Å². The van der Waals surface area contributed by atoms with Crippen LogP contribution in [0.25, 0.3) is 54.9 Å². The van der Waals surface area contributed by atoms with Crippen molar-refractivity contribution in [2.45, 2.75) is 19.3 Å². The Labute approximate surface area is 206 Å². The van der Waals surface area contributed by atoms with E-state index in [9.17, 15) is 0 Å². The molecule has 1 aliphatic rings. The van der Waals surface area contributed by atoms with Crippen LogP contribution in [0.3, 0.4) is 0 Å². The average Bonchev–Trinajstić information content (AvgIpc) is 3.15. The Morgan fingerprint density at radius 3 is 1.74 bits per heavy atom. The normalized spacial score (nSPS) is 13.7. The van der Waals surface area contributed by atoms with Crippen molar-refractivity contribution in [2.75, 3.05) is 0 Å². The maximum atomic E-state index is 2.40. The van der Waals surface area contributed by atoms with Gasteiger partial charge in [-0.1, -0.05) is 123 Å². The third-order valence-electron chi connectivity index (χ3n) is 7.88. The Balaban J connectivity index is 1.27. The quantitative estimate of drug-likeness (QED) is 0.232. The highest BCUT2D eigenvalue weighted by Crippen LogP contribution is 2.49. The molecule has 0 N–H and O–H groups in total. The summed E-state index contributed by atoms with van der Waals surface area (Å²) in [5.74, 6) is 0. The molecule has 0 amide bonds. The maximum Gasteiger partial charge on any atom is 0.0159 e. The van der Waals surface area contributed by atoms with E-state index in [0.717, 1.165) is 0 Å². The minimum atomic E-state index is 0.0236. The van der Waals surface area contributed by atoms with Crippen LogP contribution in [-0.2, 0) is 5.41 Å². The number of hydrogen-bond donors (Lipinski definition) is 0. The Morgan fingerprint density at radius 1 is 0.400 bits per heavy atom. The number of hydrogen-bond acceptors (Lipinski definition) is 0. The summed E-state index contributed by atoms with van der Waals surface area (Å²) in [7, 11) is 0. The molecule has 1 aliphatic carbocycles. The molecule has 0 heteroatoms. The summed E-state index contributed by atoms with van der Waals surface area (Å²) < 4.78 is 0. The van der Waals surface area contributed by atoms with E-state index in [0.29, 0.717) is 0 Å². The SMILES string of the molecule is CC1(C)c2ccccc2-c2ccc(-c3ccc(-c4ccc5ccc6ccccc6c5c4)cc3)cc21. The fraction of sp³-hybridized carbons (Fsp3) is 0.0857. The van der Waals surface area contributed by atoms with Gasteiger partial charge in [0.1, 0.15) is 0 Å². The summed E-state index contributed by atoms with van der Waals surface area (Å²) in [6, 6.07) is 44.7. The van der Waals surface area contributed by atoms with Gasteiger partial charge in [0.05, 0.1) is 0 Å². The van der Waals surface area contributed by atoms with E-state index in [4.69, 9.17) is 0 Å². The lowest BCUT2D eigenvalue weighted by Crippen LogP contribution is -2.14. The fourth-order valence-corrected chi connectivity index (χ4v) is 5.92. The Morgan fingerprint density at radius 2 is 0.943 bits per heavy atom. The van der Waals surface area contributed by atoms with Crippen molar-refractivity contribution >= 4 is 21.5 Å². The summed E-state index contributed by atoms with van der Waals surface area (Å²) >= 11 is 0. The van der Waals surface area contributed by atoms with Crippen molar-refractivity contribution in [3.05, 3.63) is 132 Å². The molecule has 0 heterocycles. The van der Waals surface area contributed by atoms with Gasteiger partial charge in [0.2, 0.25) is 0 Å². The molecule has 0 nitrogen and oxygen atoms in total. The van der Waals surface area contributed by atoms with Gasteiger partial charge in [0.15, 0.2) is 0 Å². The van der Waals surface area contributed by atoms with Crippen molar-refractivity contribution < 1.29 is 0 Å². The summed E-state index contributed by atoms with van der Waals surface area (Å²) in [4.78, 5) is 0. The minimum absolute atomic E-state index is 0.0236. The first-order valence-electron chi connectivity index (χ1n) is 12.4. The third kappa shape index (κ3) is 3.07. The molecular formula is C35H26. The Hall–Kier alpha value is -4.16. The van der Waals surface area contributed by atoms with Crippen LogP contribution < -0.4 is 0 Å². The molecule has 6 aromatic carbocycles. The molecule has 0 aliphatic heterocycles. The molecule has 0 spiro atoms. The highest BCUT2D eigenvalue weighted by molar-refractivity contribution is 6.08. The van der Waals surface area contributed by atoms with Crippen LogP contribution in [0.1, 0.15) is 25.0 Å². The molecule has 166 valence electrons. The first-order chi connectivity index (χ1) is 17.1. The lowest BCUT2D eigenvalue weighted by atomic mass is 9.81. The maximum absolute atomic E-state index is 2.40. The molecule has 0 bridgehead atoms. The molecule has 7 rings (SSSR count). The monoisotopic (exact) mass is 446 g/mol. The first-order valence-corrected chi connectivity index (χ1v) is 12.4.